The van der Waals surface area contributed by atoms with Crippen molar-refractivity contribution in [2.45, 2.75) is 19.8 Å². The largest absolute Gasteiger partial charge is 0.493 e. The highest BCUT2D eigenvalue weighted by Gasteiger charge is 2.34. The van der Waals surface area contributed by atoms with Crippen molar-refractivity contribution in [2.24, 2.45) is 0 Å². The maximum absolute atomic E-state index is 14.2. The zero-order chi connectivity index (χ0) is 29.3. The van der Waals surface area contributed by atoms with Gasteiger partial charge in [0.15, 0.2) is 11.5 Å². The molecule has 0 fully saturated rings. The molecule has 0 spiro atoms. The molecule has 41 heavy (non-hydrogen) atoms. The Morgan fingerprint density at radius 3 is 1.80 bits per heavy atom. The molecule has 0 bridgehead atoms. The fourth-order valence-corrected chi connectivity index (χ4v) is 5.49. The van der Waals surface area contributed by atoms with Gasteiger partial charge >= 0.3 is 0 Å². The quantitative estimate of drug-likeness (QED) is 0.225. The van der Waals surface area contributed by atoms with Crippen molar-refractivity contribution in [3.05, 3.63) is 126 Å². The Morgan fingerprint density at radius 2 is 1.34 bits per heavy atom. The molecule has 0 amide bonds. The van der Waals surface area contributed by atoms with E-state index in [9.17, 15) is 9.59 Å². The lowest BCUT2D eigenvalue weighted by atomic mass is 9.84. The highest BCUT2D eigenvalue weighted by Crippen LogP contribution is 2.42. The number of nitrogens with one attached hydrogen (secondary N) is 2. The third-order valence-corrected chi connectivity index (χ3v) is 7.48. The topological polar surface area (TPSA) is 94.0 Å². The SMILES string of the molecule is C#CCOc1c(OC)cccc1C(c1c(C)[nH]n(-c2ccccc2Cl)c1=O)c1c(C)[nH]n(-c2ccccc2Cl)c1=O. The molecule has 0 unspecified atom stereocenters. The van der Waals surface area contributed by atoms with Crippen molar-refractivity contribution in [3.63, 3.8) is 0 Å². The number of para-hydroxylation sites is 3. The van der Waals surface area contributed by atoms with Crippen LogP contribution in [0.25, 0.3) is 11.4 Å². The summed E-state index contributed by atoms with van der Waals surface area (Å²) in [5, 5.41) is 7.06. The van der Waals surface area contributed by atoms with E-state index < -0.39 is 5.92 Å². The Morgan fingerprint density at radius 1 is 0.829 bits per heavy atom. The van der Waals surface area contributed by atoms with Gasteiger partial charge in [-0.2, -0.15) is 0 Å². The maximum atomic E-state index is 14.2. The van der Waals surface area contributed by atoms with Crippen molar-refractivity contribution in [1.82, 2.24) is 19.6 Å². The number of nitrogens with zero attached hydrogens (tertiary/aromatic N) is 2. The van der Waals surface area contributed by atoms with Gasteiger partial charge in [0.25, 0.3) is 11.1 Å². The van der Waals surface area contributed by atoms with Crippen molar-refractivity contribution in [2.75, 3.05) is 13.7 Å². The standard InChI is InChI=1S/C31H26Cl2N4O4/c1-5-17-41-29-20(11-10-16-25(29)40-4)28(26-18(2)34-36(30(26)38)23-14-8-6-12-21(23)32)27-19(3)35-37(31(27)39)24-15-9-7-13-22(24)33/h1,6-16,28,34-35H,17H2,2-4H3. The first-order chi connectivity index (χ1) is 19.8. The van der Waals surface area contributed by atoms with Crippen LogP contribution in [-0.2, 0) is 0 Å². The average molecular weight is 589 g/mol. The van der Waals surface area contributed by atoms with Crippen LogP contribution in [0.15, 0.2) is 76.3 Å². The van der Waals surface area contributed by atoms with Crippen LogP contribution >= 0.6 is 23.2 Å². The summed E-state index contributed by atoms with van der Waals surface area (Å²) in [7, 11) is 1.51. The second-order valence-corrected chi connectivity index (χ2v) is 10.1. The van der Waals surface area contributed by atoms with E-state index in [1.807, 2.05) is 0 Å². The van der Waals surface area contributed by atoms with Gasteiger partial charge in [0.1, 0.15) is 6.61 Å². The van der Waals surface area contributed by atoms with E-state index in [1.165, 1.54) is 16.5 Å². The smallest absolute Gasteiger partial charge is 0.275 e. The monoisotopic (exact) mass is 588 g/mol. The van der Waals surface area contributed by atoms with Crippen LogP contribution in [-0.4, -0.2) is 33.3 Å². The van der Waals surface area contributed by atoms with E-state index in [1.54, 1.807) is 80.6 Å². The van der Waals surface area contributed by atoms with Crippen LogP contribution < -0.4 is 20.6 Å². The number of aryl methyl sites for hydroxylation is 2. The minimum absolute atomic E-state index is 0.0496. The Labute approximate surface area is 246 Å². The van der Waals surface area contributed by atoms with Gasteiger partial charge in [-0.15, -0.1) is 6.42 Å². The van der Waals surface area contributed by atoms with E-state index in [-0.39, 0.29) is 17.7 Å². The summed E-state index contributed by atoms with van der Waals surface area (Å²) >= 11 is 12.9. The van der Waals surface area contributed by atoms with Crippen molar-refractivity contribution in [1.29, 1.82) is 0 Å². The number of aromatic amines is 2. The normalized spacial score (nSPS) is 11.0. The number of H-pyrrole nitrogens is 2. The molecule has 0 radical (unpaired) electrons. The molecule has 2 aromatic heterocycles. The third kappa shape index (κ3) is 4.95. The zero-order valence-corrected chi connectivity index (χ0v) is 24.0. The predicted molar refractivity (Wildman–Crippen MR) is 161 cm³/mol. The molecule has 5 rings (SSSR count). The van der Waals surface area contributed by atoms with Crippen LogP contribution in [0.3, 0.4) is 0 Å². The van der Waals surface area contributed by atoms with Gasteiger partial charge in [-0.25, -0.2) is 9.36 Å². The summed E-state index contributed by atoms with van der Waals surface area (Å²) in [4.78, 5) is 28.4. The molecule has 0 atom stereocenters. The molecular formula is C31H26Cl2N4O4. The Kier molecular flexibility index (Phi) is 7.84. The van der Waals surface area contributed by atoms with E-state index in [2.05, 4.69) is 16.1 Å². The Hall–Kier alpha value is -4.58. The zero-order valence-electron chi connectivity index (χ0n) is 22.5. The molecule has 2 heterocycles. The summed E-state index contributed by atoms with van der Waals surface area (Å²) in [6.07, 6.45) is 5.52. The number of halogens is 2. The van der Waals surface area contributed by atoms with E-state index in [0.717, 1.165) is 0 Å². The first-order valence-electron chi connectivity index (χ1n) is 12.6. The summed E-state index contributed by atoms with van der Waals surface area (Å²) in [6, 6.07) is 19.3. The number of hydrogen-bond acceptors (Lipinski definition) is 4. The molecule has 10 heteroatoms. The first-order valence-corrected chi connectivity index (χ1v) is 13.4. The van der Waals surface area contributed by atoms with Gasteiger partial charge < -0.3 is 9.47 Å². The number of ether oxygens (including phenoxy) is 2. The number of aromatic nitrogens is 4. The summed E-state index contributed by atoms with van der Waals surface area (Å²) in [6.45, 7) is 3.49. The highest BCUT2D eigenvalue weighted by atomic mass is 35.5. The van der Waals surface area contributed by atoms with E-state index >= 15 is 0 Å². The molecule has 8 nitrogen and oxygen atoms in total. The van der Waals surface area contributed by atoms with Crippen molar-refractivity contribution >= 4 is 23.2 Å². The molecular weight excluding hydrogens is 563 g/mol. The summed E-state index contributed by atoms with van der Waals surface area (Å²) in [5.74, 6) is 2.31. The van der Waals surface area contributed by atoms with Crippen molar-refractivity contribution < 1.29 is 9.47 Å². The van der Waals surface area contributed by atoms with E-state index in [0.29, 0.717) is 61.0 Å². The van der Waals surface area contributed by atoms with Crippen LogP contribution in [0, 0.1) is 26.2 Å². The van der Waals surface area contributed by atoms with Crippen LogP contribution in [0.5, 0.6) is 11.5 Å². The molecule has 2 N–H and O–H groups in total. The Bertz CT molecular complexity index is 1800. The summed E-state index contributed by atoms with van der Waals surface area (Å²) in [5.41, 5.74) is 2.44. The molecule has 0 aliphatic rings. The minimum Gasteiger partial charge on any atom is -0.493 e. The lowest BCUT2D eigenvalue weighted by Gasteiger charge is -2.21. The van der Waals surface area contributed by atoms with E-state index in [4.69, 9.17) is 39.1 Å². The highest BCUT2D eigenvalue weighted by molar-refractivity contribution is 6.32. The molecule has 3 aromatic carbocycles. The molecule has 0 saturated carbocycles. The van der Waals surface area contributed by atoms with Crippen molar-refractivity contribution in [3.8, 4) is 35.2 Å². The van der Waals surface area contributed by atoms with Crippen LogP contribution in [0.1, 0.15) is 34.0 Å². The average Bonchev–Trinajstić information content (AvgIpc) is 3.42. The fourth-order valence-electron chi connectivity index (χ4n) is 5.05. The van der Waals surface area contributed by atoms with Crippen LogP contribution in [0.4, 0.5) is 0 Å². The number of benzene rings is 3. The molecule has 208 valence electrons. The Balaban J connectivity index is 1.85. The van der Waals surface area contributed by atoms with Gasteiger partial charge in [-0.05, 0) is 44.2 Å². The fraction of sp³-hybridized carbons (Fsp3) is 0.161. The number of hydrogen-bond donors (Lipinski definition) is 2. The van der Waals surface area contributed by atoms with Gasteiger partial charge in [0, 0.05) is 17.0 Å². The third-order valence-electron chi connectivity index (χ3n) is 6.84. The van der Waals surface area contributed by atoms with Gasteiger partial charge in [-0.1, -0.05) is 65.5 Å². The molecule has 0 aliphatic carbocycles. The lowest BCUT2D eigenvalue weighted by Crippen LogP contribution is -2.26. The number of rotatable bonds is 8. The predicted octanol–water partition coefficient (Wildman–Crippen LogP) is 5.77. The number of methoxy groups -OCH3 is 1. The lowest BCUT2D eigenvalue weighted by molar-refractivity contribution is 0.327. The molecule has 0 aliphatic heterocycles. The minimum atomic E-state index is -0.891. The maximum Gasteiger partial charge on any atom is 0.275 e. The molecule has 5 aromatic rings. The second kappa shape index (κ2) is 11.5. The second-order valence-electron chi connectivity index (χ2n) is 9.29. The molecule has 0 saturated heterocycles. The van der Waals surface area contributed by atoms with Gasteiger partial charge in [0.2, 0.25) is 0 Å². The van der Waals surface area contributed by atoms with Gasteiger partial charge in [0.05, 0.1) is 45.6 Å². The van der Waals surface area contributed by atoms with Gasteiger partial charge in [-0.3, -0.25) is 19.8 Å². The van der Waals surface area contributed by atoms with Crippen LogP contribution in [0.2, 0.25) is 10.0 Å². The first kappa shape index (κ1) is 28.0. The summed E-state index contributed by atoms with van der Waals surface area (Å²) < 4.78 is 14.3. The number of terminal acetylenes is 1.